The number of alkyl halides is 3. The van der Waals surface area contributed by atoms with Crippen molar-refractivity contribution < 1.29 is 32.2 Å². The Labute approximate surface area is 142 Å². The number of esters is 1. The van der Waals surface area contributed by atoms with Gasteiger partial charge in [-0.05, 0) is 44.0 Å². The highest BCUT2D eigenvalue weighted by Crippen LogP contribution is 2.24. The van der Waals surface area contributed by atoms with E-state index >= 15 is 0 Å². The summed E-state index contributed by atoms with van der Waals surface area (Å²) in [6.45, 7) is 2.75. The first-order valence-corrected chi connectivity index (χ1v) is 7.87. The molecule has 1 atom stereocenters. The van der Waals surface area contributed by atoms with Gasteiger partial charge in [-0.2, -0.15) is 0 Å². The number of hydrogen-bond acceptors (Lipinski definition) is 4. The molecule has 1 unspecified atom stereocenters. The van der Waals surface area contributed by atoms with Gasteiger partial charge in [0.1, 0.15) is 5.75 Å². The monoisotopic (exact) mass is 360 g/mol. The van der Waals surface area contributed by atoms with Gasteiger partial charge < -0.3 is 19.7 Å². The van der Waals surface area contributed by atoms with Crippen LogP contribution in [0.5, 0.6) is 5.75 Å². The van der Waals surface area contributed by atoms with Crippen LogP contribution in [0.15, 0.2) is 24.3 Å². The van der Waals surface area contributed by atoms with Gasteiger partial charge in [0.2, 0.25) is 0 Å². The average molecular weight is 360 g/mol. The van der Waals surface area contributed by atoms with Crippen molar-refractivity contribution in [2.24, 2.45) is 5.92 Å². The molecule has 0 aliphatic carbocycles. The van der Waals surface area contributed by atoms with E-state index < -0.39 is 12.4 Å². The summed E-state index contributed by atoms with van der Waals surface area (Å²) < 4.78 is 45.1. The van der Waals surface area contributed by atoms with E-state index in [0.29, 0.717) is 25.1 Å². The van der Waals surface area contributed by atoms with Crippen LogP contribution < -0.4 is 10.1 Å². The van der Waals surface area contributed by atoms with Crippen LogP contribution in [-0.4, -0.2) is 43.0 Å². The zero-order valence-electron chi connectivity index (χ0n) is 13.6. The quantitative estimate of drug-likeness (QED) is 0.836. The highest BCUT2D eigenvalue weighted by molar-refractivity contribution is 5.89. The minimum absolute atomic E-state index is 0.250. The van der Waals surface area contributed by atoms with Gasteiger partial charge in [-0.15, -0.1) is 13.2 Å². The molecule has 1 N–H and O–H groups in total. The molecule has 0 aromatic heterocycles. The number of piperidine rings is 1. The number of halogens is 3. The fourth-order valence-corrected chi connectivity index (χ4v) is 2.56. The Hall–Kier alpha value is -2.45. The smallest absolute Gasteiger partial charge is 0.466 e. The van der Waals surface area contributed by atoms with Gasteiger partial charge in [0.15, 0.2) is 0 Å². The molecule has 0 saturated carbocycles. The topological polar surface area (TPSA) is 67.9 Å². The Kier molecular flexibility index (Phi) is 6.11. The third kappa shape index (κ3) is 5.84. The largest absolute Gasteiger partial charge is 0.573 e. The average Bonchev–Trinajstić information content (AvgIpc) is 2.55. The second-order valence-corrected chi connectivity index (χ2v) is 5.54. The number of rotatable bonds is 4. The van der Waals surface area contributed by atoms with Crippen LogP contribution in [0.25, 0.3) is 0 Å². The lowest BCUT2D eigenvalue weighted by molar-refractivity contribution is -0.274. The van der Waals surface area contributed by atoms with Crippen LogP contribution in [0.4, 0.5) is 23.7 Å². The first kappa shape index (κ1) is 18.9. The van der Waals surface area contributed by atoms with Gasteiger partial charge in [0.05, 0.1) is 12.5 Å². The molecule has 1 heterocycles. The van der Waals surface area contributed by atoms with Gasteiger partial charge in [0.25, 0.3) is 0 Å². The van der Waals surface area contributed by atoms with E-state index in [-0.39, 0.29) is 30.8 Å². The van der Waals surface area contributed by atoms with Crippen molar-refractivity contribution in [3.63, 3.8) is 0 Å². The Morgan fingerprint density at radius 1 is 1.28 bits per heavy atom. The molecular weight excluding hydrogens is 341 g/mol. The second-order valence-electron chi connectivity index (χ2n) is 5.54. The standard InChI is InChI=1S/C16H19F3N2O4/c1-2-24-14(22)11-4-3-9-21(10-11)15(23)20-12-5-7-13(8-6-12)25-16(17,18)19/h5-8,11H,2-4,9-10H2,1H3,(H,20,23). The molecule has 138 valence electrons. The second kappa shape index (κ2) is 8.09. The first-order chi connectivity index (χ1) is 11.8. The molecule has 2 rings (SSSR count). The predicted molar refractivity (Wildman–Crippen MR) is 83.1 cm³/mol. The summed E-state index contributed by atoms with van der Waals surface area (Å²) in [6.07, 6.45) is -3.43. The lowest BCUT2D eigenvalue weighted by Crippen LogP contribution is -2.44. The van der Waals surface area contributed by atoms with Crippen LogP contribution in [0.3, 0.4) is 0 Å². The Bertz CT molecular complexity index is 604. The SMILES string of the molecule is CCOC(=O)C1CCCN(C(=O)Nc2ccc(OC(F)(F)F)cc2)C1. The molecule has 1 aromatic carbocycles. The summed E-state index contributed by atoms with van der Waals surface area (Å²) in [4.78, 5) is 25.5. The minimum atomic E-state index is -4.76. The third-order valence-electron chi connectivity index (χ3n) is 3.67. The van der Waals surface area contributed by atoms with Crippen LogP contribution in [0, 0.1) is 5.92 Å². The fraction of sp³-hybridized carbons (Fsp3) is 0.500. The summed E-state index contributed by atoms with van der Waals surface area (Å²) in [5.41, 5.74) is 0.331. The lowest BCUT2D eigenvalue weighted by Gasteiger charge is -2.31. The number of carbonyl (C=O) groups is 2. The molecule has 2 amide bonds. The fourth-order valence-electron chi connectivity index (χ4n) is 2.56. The normalized spacial score (nSPS) is 17.8. The van der Waals surface area contributed by atoms with Gasteiger partial charge in [0, 0.05) is 18.8 Å². The molecule has 0 spiro atoms. The van der Waals surface area contributed by atoms with Crippen LogP contribution in [0.2, 0.25) is 0 Å². The summed E-state index contributed by atoms with van der Waals surface area (Å²) in [5.74, 6) is -1.05. The molecule has 1 fully saturated rings. The van der Waals surface area contributed by atoms with Crippen molar-refractivity contribution in [1.29, 1.82) is 0 Å². The van der Waals surface area contributed by atoms with Gasteiger partial charge in [-0.3, -0.25) is 4.79 Å². The highest BCUT2D eigenvalue weighted by atomic mass is 19.4. The van der Waals surface area contributed by atoms with E-state index in [1.807, 2.05) is 0 Å². The van der Waals surface area contributed by atoms with Gasteiger partial charge >= 0.3 is 18.4 Å². The molecular formula is C16H19F3N2O4. The zero-order valence-corrected chi connectivity index (χ0v) is 13.6. The zero-order chi connectivity index (χ0) is 18.4. The van der Waals surface area contributed by atoms with Crippen molar-refractivity contribution in [3.05, 3.63) is 24.3 Å². The Balaban J connectivity index is 1.91. The lowest BCUT2D eigenvalue weighted by atomic mass is 9.98. The number of nitrogens with zero attached hydrogens (tertiary/aromatic N) is 1. The predicted octanol–water partition coefficient (Wildman–Crippen LogP) is 3.39. The van der Waals surface area contributed by atoms with Crippen molar-refractivity contribution in [2.75, 3.05) is 25.0 Å². The van der Waals surface area contributed by atoms with Crippen LogP contribution >= 0.6 is 0 Å². The number of carbonyl (C=O) groups excluding carboxylic acids is 2. The van der Waals surface area contributed by atoms with E-state index in [4.69, 9.17) is 4.74 Å². The van der Waals surface area contributed by atoms with Gasteiger partial charge in [-0.25, -0.2) is 4.79 Å². The number of amides is 2. The van der Waals surface area contributed by atoms with Crippen molar-refractivity contribution >= 4 is 17.7 Å². The number of hydrogen-bond donors (Lipinski definition) is 1. The van der Waals surface area contributed by atoms with Crippen molar-refractivity contribution in [3.8, 4) is 5.75 Å². The number of benzene rings is 1. The minimum Gasteiger partial charge on any atom is -0.466 e. The van der Waals surface area contributed by atoms with E-state index in [1.54, 1.807) is 6.92 Å². The number of likely N-dealkylation sites (tertiary alicyclic amines) is 1. The number of nitrogens with one attached hydrogen (secondary N) is 1. The Morgan fingerprint density at radius 2 is 1.96 bits per heavy atom. The van der Waals surface area contributed by atoms with Crippen molar-refractivity contribution in [2.45, 2.75) is 26.1 Å². The molecule has 0 bridgehead atoms. The molecule has 1 aliphatic heterocycles. The third-order valence-corrected chi connectivity index (χ3v) is 3.67. The molecule has 0 radical (unpaired) electrons. The summed E-state index contributed by atoms with van der Waals surface area (Å²) in [7, 11) is 0. The maximum Gasteiger partial charge on any atom is 0.573 e. The molecule has 1 aromatic rings. The number of ether oxygens (including phenoxy) is 2. The maximum absolute atomic E-state index is 12.3. The molecule has 9 heteroatoms. The summed E-state index contributed by atoms with van der Waals surface area (Å²) in [5, 5.41) is 2.59. The first-order valence-electron chi connectivity index (χ1n) is 7.87. The number of anilines is 1. The molecule has 1 aliphatic rings. The van der Waals surface area contributed by atoms with Crippen LogP contribution in [0.1, 0.15) is 19.8 Å². The van der Waals surface area contributed by atoms with E-state index in [9.17, 15) is 22.8 Å². The highest BCUT2D eigenvalue weighted by Gasteiger charge is 2.31. The van der Waals surface area contributed by atoms with E-state index in [0.717, 1.165) is 12.1 Å². The number of urea groups is 1. The van der Waals surface area contributed by atoms with E-state index in [2.05, 4.69) is 10.1 Å². The summed E-state index contributed by atoms with van der Waals surface area (Å²) >= 11 is 0. The molecule has 1 saturated heterocycles. The van der Waals surface area contributed by atoms with Crippen molar-refractivity contribution in [1.82, 2.24) is 4.90 Å². The molecule has 25 heavy (non-hydrogen) atoms. The summed E-state index contributed by atoms with van der Waals surface area (Å²) in [6, 6.07) is 4.43. The van der Waals surface area contributed by atoms with Crippen LogP contribution in [-0.2, 0) is 9.53 Å². The maximum atomic E-state index is 12.3. The van der Waals surface area contributed by atoms with E-state index in [1.165, 1.54) is 17.0 Å². The molecule has 6 nitrogen and oxygen atoms in total. The Morgan fingerprint density at radius 3 is 2.56 bits per heavy atom. The van der Waals surface area contributed by atoms with Gasteiger partial charge in [-0.1, -0.05) is 0 Å².